The van der Waals surface area contributed by atoms with E-state index in [-0.39, 0.29) is 0 Å². The Morgan fingerprint density at radius 2 is 1.27 bits per heavy atom. The molecule has 5 rings (SSSR count). The SMILES string of the molecule is CCCCC(CC)Cc1sc(-c2c3cc(C)sc3c(-c3cc(C)c(C(CC)CCCC)s3)c3c[c]([Sn]([CH3])([CH3])[CH3])sc23)cc1C. The second kappa shape index (κ2) is 14.6. The van der Waals surface area contributed by atoms with E-state index in [0.717, 1.165) is 5.92 Å². The van der Waals surface area contributed by atoms with E-state index in [1.54, 1.807) is 17.3 Å². The quantitative estimate of drug-likeness (QED) is 0.0987. The molecule has 0 spiro atoms. The Morgan fingerprint density at radius 1 is 0.659 bits per heavy atom. The number of aryl methyl sites for hydroxylation is 3. The van der Waals surface area contributed by atoms with Crippen molar-refractivity contribution in [2.75, 3.05) is 0 Å². The second-order valence-corrected chi connectivity index (χ2v) is 34.1. The van der Waals surface area contributed by atoms with Crippen LogP contribution < -0.4 is 2.89 Å². The van der Waals surface area contributed by atoms with E-state index in [1.165, 1.54) is 110 Å². The molecule has 0 bridgehead atoms. The predicted molar refractivity (Wildman–Crippen MR) is 211 cm³/mol. The molecule has 2 unspecified atom stereocenters. The fourth-order valence-electron chi connectivity index (χ4n) is 6.80. The van der Waals surface area contributed by atoms with Crippen LogP contribution in [0.2, 0.25) is 14.8 Å². The molecule has 2 atom stereocenters. The zero-order valence-corrected chi connectivity index (χ0v) is 35.1. The summed E-state index contributed by atoms with van der Waals surface area (Å²) in [6.07, 6.45) is 11.7. The zero-order chi connectivity index (χ0) is 31.8. The molecule has 5 aromatic rings. The van der Waals surface area contributed by atoms with Crippen molar-refractivity contribution in [3.63, 3.8) is 0 Å². The first-order valence-electron chi connectivity index (χ1n) is 17.2. The van der Waals surface area contributed by atoms with Crippen LogP contribution in [-0.4, -0.2) is 18.4 Å². The van der Waals surface area contributed by atoms with Gasteiger partial charge in [-0.1, -0.05) is 6.92 Å². The number of hydrogen-bond donors (Lipinski definition) is 0. The average molecular weight is 770 g/mol. The van der Waals surface area contributed by atoms with Crippen LogP contribution in [0.4, 0.5) is 0 Å². The summed E-state index contributed by atoms with van der Waals surface area (Å²) in [5, 5.41) is 3.02. The van der Waals surface area contributed by atoms with E-state index in [0.29, 0.717) is 5.92 Å². The molecule has 0 aliphatic carbocycles. The molecule has 4 heterocycles. The van der Waals surface area contributed by atoms with Gasteiger partial charge in [0.2, 0.25) is 0 Å². The third-order valence-corrected chi connectivity index (χ3v) is 23.9. The zero-order valence-electron chi connectivity index (χ0n) is 29.0. The molecule has 0 nitrogen and oxygen atoms in total. The minimum absolute atomic E-state index is 0.685. The van der Waals surface area contributed by atoms with E-state index in [1.807, 2.05) is 11.3 Å². The summed E-state index contributed by atoms with van der Waals surface area (Å²) in [7, 11) is 0. The van der Waals surface area contributed by atoms with Crippen molar-refractivity contribution in [3.05, 3.63) is 50.0 Å². The molecule has 0 aliphatic heterocycles. The van der Waals surface area contributed by atoms with Crippen molar-refractivity contribution in [2.45, 2.75) is 127 Å². The Labute approximate surface area is 288 Å². The average Bonchev–Trinajstić information content (AvgIpc) is 3.75. The van der Waals surface area contributed by atoms with Gasteiger partial charge >= 0.3 is 284 Å². The number of hydrogen-bond acceptors (Lipinski definition) is 4. The first-order chi connectivity index (χ1) is 21.0. The molecule has 0 aliphatic rings. The maximum absolute atomic E-state index is 2.66. The Morgan fingerprint density at radius 3 is 1.91 bits per heavy atom. The summed E-state index contributed by atoms with van der Waals surface area (Å²) in [4.78, 5) is 15.4. The van der Waals surface area contributed by atoms with Crippen LogP contribution in [0.3, 0.4) is 0 Å². The van der Waals surface area contributed by atoms with Crippen LogP contribution in [-0.2, 0) is 6.42 Å². The van der Waals surface area contributed by atoms with Crippen molar-refractivity contribution >= 4 is 86.8 Å². The fourth-order valence-corrected chi connectivity index (χ4v) is 17.3. The van der Waals surface area contributed by atoms with Gasteiger partial charge in [-0.2, -0.15) is 0 Å². The summed E-state index contributed by atoms with van der Waals surface area (Å²) in [6, 6.07) is 10.3. The van der Waals surface area contributed by atoms with Gasteiger partial charge in [-0.3, -0.25) is 0 Å². The normalized spacial score (nSPS) is 13.9. The van der Waals surface area contributed by atoms with Gasteiger partial charge in [0.25, 0.3) is 0 Å². The van der Waals surface area contributed by atoms with Crippen molar-refractivity contribution in [1.29, 1.82) is 0 Å². The molecule has 5 heteroatoms. The third-order valence-electron chi connectivity index (χ3n) is 9.58. The maximum atomic E-state index is 2.66. The van der Waals surface area contributed by atoms with E-state index in [9.17, 15) is 0 Å². The molecule has 4 aromatic heterocycles. The van der Waals surface area contributed by atoms with Gasteiger partial charge in [0, 0.05) is 0 Å². The molecule has 0 amide bonds. The van der Waals surface area contributed by atoms with Gasteiger partial charge in [0.05, 0.1) is 0 Å². The molecule has 1 aromatic carbocycles. The topological polar surface area (TPSA) is 0 Å². The van der Waals surface area contributed by atoms with Crippen LogP contribution in [0.1, 0.15) is 111 Å². The van der Waals surface area contributed by atoms with Crippen molar-refractivity contribution in [2.24, 2.45) is 5.92 Å². The van der Waals surface area contributed by atoms with E-state index in [2.05, 4.69) is 122 Å². The van der Waals surface area contributed by atoms with Gasteiger partial charge < -0.3 is 0 Å². The molecule has 0 fully saturated rings. The number of fused-ring (bicyclic) bond motifs is 2. The Bertz CT molecular complexity index is 1720. The monoisotopic (exact) mass is 770 g/mol. The number of benzene rings is 1. The van der Waals surface area contributed by atoms with Gasteiger partial charge in [0.15, 0.2) is 0 Å². The van der Waals surface area contributed by atoms with Crippen LogP contribution in [0, 0.1) is 26.7 Å². The second-order valence-electron chi connectivity index (χ2n) is 14.2. The van der Waals surface area contributed by atoms with Gasteiger partial charge in [-0.25, -0.2) is 0 Å². The van der Waals surface area contributed by atoms with Gasteiger partial charge in [-0.15, -0.1) is 0 Å². The summed E-state index contributed by atoms with van der Waals surface area (Å²) in [5.41, 5.74) is 6.06. The van der Waals surface area contributed by atoms with Crippen molar-refractivity contribution < 1.29 is 0 Å². The van der Waals surface area contributed by atoms with Crippen molar-refractivity contribution in [3.8, 4) is 20.9 Å². The third kappa shape index (κ3) is 7.10. The van der Waals surface area contributed by atoms with E-state index in [4.69, 9.17) is 0 Å². The van der Waals surface area contributed by atoms with Gasteiger partial charge in [-0.05, 0) is 0 Å². The minimum atomic E-state index is -2.32. The predicted octanol–water partition coefficient (Wildman–Crippen LogP) is 14.5. The number of rotatable bonds is 14. The Kier molecular flexibility index (Phi) is 11.5. The summed E-state index contributed by atoms with van der Waals surface area (Å²) in [5.74, 6) is 1.49. The molecule has 0 saturated heterocycles. The van der Waals surface area contributed by atoms with Crippen LogP contribution in [0.5, 0.6) is 0 Å². The molecular formula is C39H54S4Sn. The Balaban J connectivity index is 1.74. The molecular weight excluding hydrogens is 715 g/mol. The summed E-state index contributed by atoms with van der Waals surface area (Å²) in [6.45, 7) is 16.5. The van der Waals surface area contributed by atoms with E-state index >= 15 is 0 Å². The van der Waals surface area contributed by atoms with E-state index < -0.39 is 18.4 Å². The molecule has 0 saturated carbocycles. The first-order valence-corrected chi connectivity index (χ1v) is 30.5. The van der Waals surface area contributed by atoms with Gasteiger partial charge in [0.1, 0.15) is 0 Å². The molecule has 0 radical (unpaired) electrons. The van der Waals surface area contributed by atoms with Crippen LogP contribution in [0.15, 0.2) is 24.3 Å². The Hall–Kier alpha value is -0.661. The fraction of sp³-hybridized carbons (Fsp3) is 0.538. The molecule has 0 N–H and O–H groups in total. The number of thiophene rings is 4. The van der Waals surface area contributed by atoms with Crippen LogP contribution in [0.25, 0.3) is 41.1 Å². The first kappa shape index (κ1) is 34.7. The number of unbranched alkanes of at least 4 members (excludes halogenated alkanes) is 2. The summed E-state index contributed by atoms with van der Waals surface area (Å²) < 4.78 is 4.76. The standard InChI is InChI=1S/C36H45S4.3CH3.Sn/c1-8-12-14-25(10-3)21-29-22(5)18-30(39-29)33-28-20-24(7)38-36(28)32(27-16-17-37-35(27)33)31-19-23(6)34(40-31)26(11-4)15-13-9-2;;;;/h16,18-20,25-26H,8-15,21H2,1-7H3;3*1H3;. The molecule has 44 heavy (non-hydrogen) atoms. The van der Waals surface area contributed by atoms with Crippen molar-refractivity contribution in [1.82, 2.24) is 0 Å². The molecule has 238 valence electrons. The van der Waals surface area contributed by atoms with Crippen LogP contribution >= 0.6 is 45.3 Å². The summed E-state index contributed by atoms with van der Waals surface area (Å²) >= 11 is 6.06.